The minimum Gasteiger partial charge on any atom is -0.325 e. The van der Waals surface area contributed by atoms with Crippen LogP contribution >= 0.6 is 11.6 Å². The first kappa shape index (κ1) is 17.5. The van der Waals surface area contributed by atoms with Gasteiger partial charge in [0.05, 0.1) is 17.1 Å². The monoisotopic (exact) mass is 353 g/mol. The maximum atomic E-state index is 12.4. The van der Waals surface area contributed by atoms with Crippen molar-refractivity contribution in [2.45, 2.75) is 25.3 Å². The van der Waals surface area contributed by atoms with E-state index in [4.69, 9.17) is 16.9 Å². The van der Waals surface area contributed by atoms with Crippen molar-refractivity contribution >= 4 is 23.2 Å². The molecule has 0 bridgehead atoms. The molecule has 2 aromatic rings. The van der Waals surface area contributed by atoms with Gasteiger partial charge in [-0.2, -0.15) is 5.26 Å². The van der Waals surface area contributed by atoms with Gasteiger partial charge in [-0.15, -0.1) is 0 Å². The molecule has 0 radical (unpaired) electrons. The average molecular weight is 354 g/mol. The topological polar surface area (TPSA) is 56.1 Å². The zero-order valence-electron chi connectivity index (χ0n) is 14.1. The summed E-state index contributed by atoms with van der Waals surface area (Å²) in [6.45, 7) is 0.302. The van der Waals surface area contributed by atoms with Gasteiger partial charge < -0.3 is 5.32 Å². The van der Waals surface area contributed by atoms with Crippen LogP contribution in [0, 0.1) is 11.3 Å². The number of carbonyl (C=O) groups is 1. The van der Waals surface area contributed by atoms with E-state index in [1.807, 2.05) is 13.1 Å². The van der Waals surface area contributed by atoms with E-state index in [2.05, 4.69) is 34.5 Å². The smallest absolute Gasteiger partial charge is 0.238 e. The molecule has 2 aromatic carbocycles. The van der Waals surface area contributed by atoms with Crippen molar-refractivity contribution < 1.29 is 4.79 Å². The molecule has 5 heteroatoms. The zero-order chi connectivity index (χ0) is 17.8. The molecule has 0 saturated carbocycles. The van der Waals surface area contributed by atoms with E-state index in [1.54, 1.807) is 18.2 Å². The van der Waals surface area contributed by atoms with Gasteiger partial charge in [-0.1, -0.05) is 35.9 Å². The number of likely N-dealkylation sites (N-methyl/N-ethyl adjacent to an activating group) is 1. The number of nitrogens with zero attached hydrogens (tertiary/aromatic N) is 2. The quantitative estimate of drug-likeness (QED) is 0.897. The van der Waals surface area contributed by atoms with Gasteiger partial charge in [0.1, 0.15) is 6.07 Å². The van der Waals surface area contributed by atoms with Crippen LogP contribution in [0.5, 0.6) is 0 Å². The van der Waals surface area contributed by atoms with Crippen molar-refractivity contribution in [3.05, 3.63) is 64.2 Å². The third-order valence-electron chi connectivity index (χ3n) is 4.64. The molecule has 3 rings (SSSR count). The lowest BCUT2D eigenvalue weighted by atomic mass is 9.87. The van der Waals surface area contributed by atoms with Crippen LogP contribution in [0.3, 0.4) is 0 Å². The van der Waals surface area contributed by atoms with Gasteiger partial charge in [-0.05, 0) is 55.6 Å². The number of hydrogen-bond acceptors (Lipinski definition) is 3. The Labute approximate surface area is 153 Å². The normalized spacial score (nSPS) is 16.2. The second kappa shape index (κ2) is 7.69. The maximum Gasteiger partial charge on any atom is 0.238 e. The molecule has 0 heterocycles. The van der Waals surface area contributed by atoms with E-state index >= 15 is 0 Å². The fraction of sp³-hybridized carbons (Fsp3) is 0.300. The van der Waals surface area contributed by atoms with Crippen LogP contribution in [0.2, 0.25) is 5.02 Å². The van der Waals surface area contributed by atoms with Crippen molar-refractivity contribution in [2.75, 3.05) is 18.9 Å². The van der Waals surface area contributed by atoms with Crippen LogP contribution < -0.4 is 5.32 Å². The lowest BCUT2D eigenvalue weighted by Gasteiger charge is -2.32. The van der Waals surface area contributed by atoms with Crippen molar-refractivity contribution in [2.24, 2.45) is 0 Å². The SMILES string of the molecule is CN(CC(=O)Nc1ccc(C#N)c(Cl)c1)[C@H]1CCCc2ccccc21. The molecule has 25 heavy (non-hydrogen) atoms. The highest BCUT2D eigenvalue weighted by atomic mass is 35.5. The first-order valence-electron chi connectivity index (χ1n) is 8.36. The Balaban J connectivity index is 1.66. The van der Waals surface area contributed by atoms with Gasteiger partial charge in [0.2, 0.25) is 5.91 Å². The number of nitriles is 1. The summed E-state index contributed by atoms with van der Waals surface area (Å²) in [5.74, 6) is -0.0914. The van der Waals surface area contributed by atoms with Crippen LogP contribution in [-0.4, -0.2) is 24.4 Å². The molecule has 0 saturated heterocycles. The summed E-state index contributed by atoms with van der Waals surface area (Å²) in [6, 6.07) is 15.6. The van der Waals surface area contributed by atoms with Gasteiger partial charge >= 0.3 is 0 Å². The van der Waals surface area contributed by atoms with Crippen LogP contribution in [0.1, 0.15) is 35.6 Å². The van der Waals surface area contributed by atoms with Gasteiger partial charge in [-0.3, -0.25) is 9.69 Å². The maximum absolute atomic E-state index is 12.4. The molecule has 0 aromatic heterocycles. The lowest BCUT2D eigenvalue weighted by Crippen LogP contribution is -2.34. The van der Waals surface area contributed by atoms with E-state index in [0.717, 1.165) is 19.3 Å². The molecule has 1 amide bonds. The van der Waals surface area contributed by atoms with Crippen molar-refractivity contribution in [3.8, 4) is 6.07 Å². The number of benzene rings is 2. The molecule has 1 atom stereocenters. The number of halogens is 1. The van der Waals surface area contributed by atoms with E-state index in [1.165, 1.54) is 11.1 Å². The number of fused-ring (bicyclic) bond motifs is 1. The summed E-state index contributed by atoms with van der Waals surface area (Å²) >= 11 is 6.01. The fourth-order valence-corrected chi connectivity index (χ4v) is 3.63. The summed E-state index contributed by atoms with van der Waals surface area (Å²) < 4.78 is 0. The fourth-order valence-electron chi connectivity index (χ4n) is 3.41. The van der Waals surface area contributed by atoms with Gasteiger partial charge in [0, 0.05) is 11.7 Å². The highest BCUT2D eigenvalue weighted by molar-refractivity contribution is 6.32. The zero-order valence-corrected chi connectivity index (χ0v) is 14.9. The van der Waals surface area contributed by atoms with E-state index < -0.39 is 0 Å². The molecule has 1 aliphatic rings. The van der Waals surface area contributed by atoms with Crippen molar-refractivity contribution in [3.63, 3.8) is 0 Å². The van der Waals surface area contributed by atoms with E-state index in [9.17, 15) is 4.79 Å². The van der Waals surface area contributed by atoms with E-state index in [0.29, 0.717) is 22.8 Å². The first-order chi connectivity index (χ1) is 12.1. The molecule has 0 fully saturated rings. The predicted octanol–water partition coefficient (Wildman–Crippen LogP) is 4.16. The predicted molar refractivity (Wildman–Crippen MR) is 99.5 cm³/mol. The Morgan fingerprint density at radius 2 is 2.16 bits per heavy atom. The number of carbonyl (C=O) groups excluding carboxylic acids is 1. The Kier molecular flexibility index (Phi) is 5.37. The summed E-state index contributed by atoms with van der Waals surface area (Å²) in [5, 5.41) is 12.1. The Hall–Kier alpha value is -2.35. The van der Waals surface area contributed by atoms with E-state index in [-0.39, 0.29) is 11.9 Å². The van der Waals surface area contributed by atoms with Crippen LogP contribution in [-0.2, 0) is 11.2 Å². The summed E-state index contributed by atoms with van der Waals surface area (Å²) in [7, 11) is 1.98. The highest BCUT2D eigenvalue weighted by Gasteiger charge is 2.24. The van der Waals surface area contributed by atoms with Gasteiger partial charge in [0.25, 0.3) is 0 Å². The summed E-state index contributed by atoms with van der Waals surface area (Å²) in [5.41, 5.74) is 3.71. The van der Waals surface area contributed by atoms with Gasteiger partial charge in [-0.25, -0.2) is 0 Å². The molecule has 1 N–H and O–H groups in total. The average Bonchev–Trinajstić information content (AvgIpc) is 2.61. The molecule has 128 valence electrons. The minimum atomic E-state index is -0.0914. The number of rotatable bonds is 4. The highest BCUT2D eigenvalue weighted by Crippen LogP contribution is 2.33. The number of hydrogen-bond donors (Lipinski definition) is 1. The minimum absolute atomic E-state index is 0.0914. The molecule has 0 aliphatic heterocycles. The Morgan fingerprint density at radius 3 is 2.92 bits per heavy atom. The first-order valence-corrected chi connectivity index (χ1v) is 8.74. The van der Waals surface area contributed by atoms with Gasteiger partial charge in [0.15, 0.2) is 0 Å². The molecular weight excluding hydrogens is 334 g/mol. The third kappa shape index (κ3) is 4.01. The number of nitrogens with one attached hydrogen (secondary N) is 1. The Morgan fingerprint density at radius 1 is 1.36 bits per heavy atom. The number of anilines is 1. The molecule has 0 spiro atoms. The molecule has 0 unspecified atom stereocenters. The molecule has 4 nitrogen and oxygen atoms in total. The largest absolute Gasteiger partial charge is 0.325 e. The standard InChI is InChI=1S/C20H20ClN3O/c1-24(19-8-4-6-14-5-2-3-7-17(14)19)13-20(25)23-16-10-9-15(12-22)18(21)11-16/h2-3,5,7,9-11,19H,4,6,8,13H2,1H3,(H,23,25)/t19-/m0/s1. The van der Waals surface area contributed by atoms with Crippen molar-refractivity contribution in [1.29, 1.82) is 5.26 Å². The molecular formula is C20H20ClN3O. The third-order valence-corrected chi connectivity index (χ3v) is 4.95. The number of aryl methyl sites for hydroxylation is 1. The Bertz CT molecular complexity index is 828. The van der Waals surface area contributed by atoms with Crippen molar-refractivity contribution in [1.82, 2.24) is 4.90 Å². The van der Waals surface area contributed by atoms with Crippen LogP contribution in [0.25, 0.3) is 0 Å². The molecule has 1 aliphatic carbocycles. The second-order valence-corrected chi connectivity index (χ2v) is 6.78. The lowest BCUT2D eigenvalue weighted by molar-refractivity contribution is -0.117. The number of amides is 1. The summed E-state index contributed by atoms with van der Waals surface area (Å²) in [4.78, 5) is 14.5. The van der Waals surface area contributed by atoms with Crippen LogP contribution in [0.15, 0.2) is 42.5 Å². The summed E-state index contributed by atoms with van der Waals surface area (Å²) in [6.07, 6.45) is 3.30. The van der Waals surface area contributed by atoms with Crippen LogP contribution in [0.4, 0.5) is 5.69 Å². The second-order valence-electron chi connectivity index (χ2n) is 6.38.